The summed E-state index contributed by atoms with van der Waals surface area (Å²) in [6, 6.07) is 0. The topological polar surface area (TPSA) is 36.9 Å². The van der Waals surface area contributed by atoms with Crippen molar-refractivity contribution in [3.05, 3.63) is 50.6 Å². The van der Waals surface area contributed by atoms with E-state index in [1.54, 1.807) is 31.2 Å². The highest BCUT2D eigenvalue weighted by Gasteiger charge is 2.52. The maximum absolute atomic E-state index is 5.88. The zero-order chi connectivity index (χ0) is 16.2. The van der Waals surface area contributed by atoms with Crippen LogP contribution >= 0.6 is 0 Å². The van der Waals surface area contributed by atoms with Gasteiger partial charge in [0, 0.05) is 6.42 Å². The summed E-state index contributed by atoms with van der Waals surface area (Å²) in [5, 5.41) is 0. The first kappa shape index (κ1) is 19.8. The van der Waals surface area contributed by atoms with Gasteiger partial charge in [0.05, 0.1) is 26.4 Å². The van der Waals surface area contributed by atoms with Crippen molar-refractivity contribution in [2.45, 2.75) is 31.8 Å². The fourth-order valence-corrected chi connectivity index (χ4v) is 1.91. The first-order valence-electron chi connectivity index (χ1n) is 7.05. The van der Waals surface area contributed by atoms with Gasteiger partial charge in [0.2, 0.25) is 11.6 Å². The second kappa shape index (κ2) is 10.5. The van der Waals surface area contributed by atoms with Gasteiger partial charge in [-0.1, -0.05) is 31.2 Å². The van der Waals surface area contributed by atoms with Crippen LogP contribution in [0.3, 0.4) is 0 Å². The predicted molar refractivity (Wildman–Crippen MR) is 86.0 cm³/mol. The molecule has 4 heteroatoms. The van der Waals surface area contributed by atoms with E-state index in [2.05, 4.69) is 26.3 Å². The van der Waals surface area contributed by atoms with E-state index in [0.29, 0.717) is 32.8 Å². The molecular weight excluding hydrogens is 268 g/mol. The second-order valence-corrected chi connectivity index (χ2v) is 4.45. The lowest BCUT2D eigenvalue weighted by atomic mass is 10.0. The van der Waals surface area contributed by atoms with Crippen molar-refractivity contribution in [1.29, 1.82) is 0 Å². The zero-order valence-corrected chi connectivity index (χ0v) is 13.3. The molecule has 0 fully saturated rings. The van der Waals surface area contributed by atoms with Gasteiger partial charge >= 0.3 is 0 Å². The van der Waals surface area contributed by atoms with Crippen LogP contribution in [0.2, 0.25) is 0 Å². The van der Waals surface area contributed by atoms with Crippen molar-refractivity contribution >= 4 is 0 Å². The van der Waals surface area contributed by atoms with Crippen LogP contribution in [0, 0.1) is 0 Å². The summed E-state index contributed by atoms with van der Waals surface area (Å²) in [6.45, 7) is 19.6. The van der Waals surface area contributed by atoms with Gasteiger partial charge in [-0.05, 0) is 6.92 Å². The summed E-state index contributed by atoms with van der Waals surface area (Å²) >= 11 is 0. The maximum atomic E-state index is 5.88. The highest BCUT2D eigenvalue weighted by molar-refractivity contribution is 4.89. The van der Waals surface area contributed by atoms with Crippen molar-refractivity contribution in [2.24, 2.45) is 0 Å². The molecule has 0 rings (SSSR count). The smallest absolute Gasteiger partial charge is 0.223 e. The fraction of sp³-hybridized carbons (Fsp3) is 0.529. The molecule has 4 nitrogen and oxygen atoms in total. The van der Waals surface area contributed by atoms with Crippen LogP contribution < -0.4 is 0 Å². The lowest BCUT2D eigenvalue weighted by Gasteiger charge is -2.45. The lowest BCUT2D eigenvalue weighted by Crippen LogP contribution is -2.59. The van der Waals surface area contributed by atoms with Crippen LogP contribution in [0.15, 0.2) is 50.6 Å². The van der Waals surface area contributed by atoms with Crippen LogP contribution in [0.25, 0.3) is 0 Å². The van der Waals surface area contributed by atoms with Gasteiger partial charge in [0.25, 0.3) is 0 Å². The Labute approximate surface area is 128 Å². The molecule has 0 aliphatic rings. The van der Waals surface area contributed by atoms with Crippen molar-refractivity contribution in [1.82, 2.24) is 0 Å². The van der Waals surface area contributed by atoms with Crippen molar-refractivity contribution in [3.8, 4) is 0 Å². The fourth-order valence-electron chi connectivity index (χ4n) is 1.91. The molecule has 0 aromatic carbocycles. The van der Waals surface area contributed by atoms with Crippen LogP contribution in [0.4, 0.5) is 0 Å². The molecule has 0 saturated carbocycles. The summed E-state index contributed by atoms with van der Waals surface area (Å²) in [5.74, 6) is -2.20. The first-order chi connectivity index (χ1) is 10.1. The molecule has 0 atom stereocenters. The van der Waals surface area contributed by atoms with E-state index < -0.39 is 11.6 Å². The quantitative estimate of drug-likeness (QED) is 0.362. The minimum Gasteiger partial charge on any atom is -0.341 e. The monoisotopic (exact) mass is 296 g/mol. The molecule has 0 aliphatic carbocycles. The minimum atomic E-state index is -1.11. The van der Waals surface area contributed by atoms with E-state index in [-0.39, 0.29) is 0 Å². The molecule has 0 aromatic heterocycles. The van der Waals surface area contributed by atoms with Gasteiger partial charge in [-0.15, -0.1) is 26.3 Å². The molecule has 0 bridgehead atoms. The number of rotatable bonds is 14. The van der Waals surface area contributed by atoms with Crippen LogP contribution in [0.5, 0.6) is 0 Å². The number of hydrogen-bond acceptors (Lipinski definition) is 4. The minimum absolute atomic E-state index is 0.310. The molecule has 0 N–H and O–H groups in total. The summed E-state index contributed by atoms with van der Waals surface area (Å²) in [6.07, 6.45) is 7.14. The van der Waals surface area contributed by atoms with Gasteiger partial charge in [-0.3, -0.25) is 0 Å². The molecule has 0 unspecified atom stereocenters. The van der Waals surface area contributed by atoms with E-state index in [1.807, 2.05) is 6.92 Å². The summed E-state index contributed by atoms with van der Waals surface area (Å²) < 4.78 is 23.4. The zero-order valence-electron chi connectivity index (χ0n) is 13.3. The second-order valence-electron chi connectivity index (χ2n) is 4.45. The normalized spacial score (nSPS) is 11.9. The van der Waals surface area contributed by atoms with Crippen LogP contribution in [-0.4, -0.2) is 38.0 Å². The Kier molecular flexibility index (Phi) is 9.91. The average molecular weight is 296 g/mol. The molecule has 120 valence electrons. The molecule has 0 aliphatic heterocycles. The van der Waals surface area contributed by atoms with Gasteiger partial charge in [0.15, 0.2) is 0 Å². The molecule has 0 radical (unpaired) electrons. The standard InChI is InChI=1S/C17H28O4/c1-7-12-18-16(6,19-13-8-2)17(11-5,20-14-9-3)21-15-10-4/h7-10H,1-4,11-15H2,5-6H3. The van der Waals surface area contributed by atoms with Gasteiger partial charge in [-0.2, -0.15) is 0 Å². The van der Waals surface area contributed by atoms with Crippen molar-refractivity contribution < 1.29 is 18.9 Å². The molecule has 0 spiro atoms. The molecule has 0 amide bonds. The van der Waals surface area contributed by atoms with Crippen molar-refractivity contribution in [2.75, 3.05) is 26.4 Å². The Hall–Kier alpha value is -1.20. The molecular formula is C17H28O4. The summed E-state index contributed by atoms with van der Waals surface area (Å²) in [5.41, 5.74) is 0. The Morgan fingerprint density at radius 2 is 1.05 bits per heavy atom. The largest absolute Gasteiger partial charge is 0.341 e. The third kappa shape index (κ3) is 5.59. The van der Waals surface area contributed by atoms with E-state index in [0.717, 1.165) is 0 Å². The van der Waals surface area contributed by atoms with Crippen molar-refractivity contribution in [3.63, 3.8) is 0 Å². The third-order valence-corrected chi connectivity index (χ3v) is 2.98. The lowest BCUT2D eigenvalue weighted by molar-refractivity contribution is -0.396. The highest BCUT2D eigenvalue weighted by atomic mass is 16.8. The maximum Gasteiger partial charge on any atom is 0.223 e. The Balaban J connectivity index is 5.45. The highest BCUT2D eigenvalue weighted by Crippen LogP contribution is 2.36. The van der Waals surface area contributed by atoms with Crippen LogP contribution in [-0.2, 0) is 18.9 Å². The van der Waals surface area contributed by atoms with Gasteiger partial charge in [0.1, 0.15) is 0 Å². The number of hydrogen-bond donors (Lipinski definition) is 0. The Morgan fingerprint density at radius 3 is 1.33 bits per heavy atom. The molecule has 0 aromatic rings. The number of ether oxygens (including phenoxy) is 4. The van der Waals surface area contributed by atoms with Crippen LogP contribution in [0.1, 0.15) is 20.3 Å². The van der Waals surface area contributed by atoms with Gasteiger partial charge in [-0.25, -0.2) is 0 Å². The molecule has 21 heavy (non-hydrogen) atoms. The molecule has 0 saturated heterocycles. The Bertz CT molecular complexity index is 312. The first-order valence-corrected chi connectivity index (χ1v) is 7.05. The summed E-state index contributed by atoms with van der Waals surface area (Å²) in [4.78, 5) is 0. The van der Waals surface area contributed by atoms with E-state index in [9.17, 15) is 0 Å². The predicted octanol–water partition coefficient (Wildman–Crippen LogP) is 3.62. The molecule has 0 heterocycles. The van der Waals surface area contributed by atoms with E-state index in [4.69, 9.17) is 18.9 Å². The van der Waals surface area contributed by atoms with Gasteiger partial charge < -0.3 is 18.9 Å². The van der Waals surface area contributed by atoms with E-state index >= 15 is 0 Å². The summed E-state index contributed by atoms with van der Waals surface area (Å²) in [7, 11) is 0. The third-order valence-electron chi connectivity index (χ3n) is 2.98. The Morgan fingerprint density at radius 1 is 0.714 bits per heavy atom. The average Bonchev–Trinajstić information content (AvgIpc) is 2.51. The van der Waals surface area contributed by atoms with E-state index in [1.165, 1.54) is 0 Å². The SMILES string of the molecule is C=CCOC(C)(OCC=C)C(CC)(OCC=C)OCC=C.